The number of nitrogens with zero attached hydrogens (tertiary/aromatic N) is 3. The zero-order valence-electron chi connectivity index (χ0n) is 12.0. The Balaban J connectivity index is 1.57. The SMILES string of the molecule is O=C1CCCN1Cc1ccc(-c2cc3ncccc3s2)nc1. The van der Waals surface area contributed by atoms with Crippen molar-refractivity contribution >= 4 is 27.5 Å². The molecule has 3 aromatic rings. The van der Waals surface area contributed by atoms with E-state index < -0.39 is 0 Å². The highest BCUT2D eigenvalue weighted by atomic mass is 32.1. The molecule has 3 aromatic heterocycles. The van der Waals surface area contributed by atoms with Gasteiger partial charge in [-0.15, -0.1) is 11.3 Å². The largest absolute Gasteiger partial charge is 0.338 e. The lowest BCUT2D eigenvalue weighted by Crippen LogP contribution is -2.23. The first-order valence-electron chi connectivity index (χ1n) is 7.37. The van der Waals surface area contributed by atoms with Gasteiger partial charge in [0.15, 0.2) is 0 Å². The van der Waals surface area contributed by atoms with Crippen LogP contribution >= 0.6 is 11.3 Å². The Morgan fingerprint density at radius 1 is 1.23 bits per heavy atom. The van der Waals surface area contributed by atoms with Gasteiger partial charge in [0.05, 0.1) is 20.8 Å². The number of carbonyl (C=O) groups excluding carboxylic acids is 1. The van der Waals surface area contributed by atoms with E-state index in [2.05, 4.69) is 28.2 Å². The van der Waals surface area contributed by atoms with Crippen molar-refractivity contribution in [1.82, 2.24) is 14.9 Å². The minimum absolute atomic E-state index is 0.250. The Morgan fingerprint density at radius 2 is 2.18 bits per heavy atom. The van der Waals surface area contributed by atoms with Gasteiger partial charge in [-0.05, 0) is 36.2 Å². The van der Waals surface area contributed by atoms with Crippen LogP contribution in [0.5, 0.6) is 0 Å². The molecule has 4 nitrogen and oxygen atoms in total. The molecule has 4 heterocycles. The zero-order chi connectivity index (χ0) is 14.9. The third kappa shape index (κ3) is 2.48. The fourth-order valence-electron chi connectivity index (χ4n) is 2.75. The second kappa shape index (κ2) is 5.50. The van der Waals surface area contributed by atoms with Crippen molar-refractivity contribution < 1.29 is 4.79 Å². The highest BCUT2D eigenvalue weighted by Gasteiger charge is 2.20. The number of carbonyl (C=O) groups is 1. The summed E-state index contributed by atoms with van der Waals surface area (Å²) >= 11 is 1.70. The number of hydrogen-bond acceptors (Lipinski definition) is 4. The van der Waals surface area contributed by atoms with Gasteiger partial charge >= 0.3 is 0 Å². The Bertz CT molecular complexity index is 792. The molecule has 1 amide bonds. The van der Waals surface area contributed by atoms with E-state index in [0.717, 1.165) is 34.6 Å². The van der Waals surface area contributed by atoms with Gasteiger partial charge in [0.1, 0.15) is 0 Å². The molecule has 0 spiro atoms. The Labute approximate surface area is 132 Å². The van der Waals surface area contributed by atoms with Crippen LogP contribution in [0.15, 0.2) is 42.7 Å². The summed E-state index contributed by atoms with van der Waals surface area (Å²) in [5.74, 6) is 0.250. The summed E-state index contributed by atoms with van der Waals surface area (Å²) in [7, 11) is 0. The average molecular weight is 309 g/mol. The van der Waals surface area contributed by atoms with E-state index in [1.54, 1.807) is 11.3 Å². The summed E-state index contributed by atoms with van der Waals surface area (Å²) in [6.45, 7) is 1.53. The lowest BCUT2D eigenvalue weighted by Gasteiger charge is -2.15. The van der Waals surface area contributed by atoms with Gasteiger partial charge in [0.25, 0.3) is 0 Å². The van der Waals surface area contributed by atoms with Gasteiger partial charge in [-0.1, -0.05) is 6.07 Å². The van der Waals surface area contributed by atoms with Crippen LogP contribution in [0.4, 0.5) is 0 Å². The molecule has 0 aliphatic carbocycles. The number of rotatable bonds is 3. The van der Waals surface area contributed by atoms with Crippen LogP contribution in [0, 0.1) is 0 Å². The zero-order valence-corrected chi connectivity index (χ0v) is 12.8. The van der Waals surface area contributed by atoms with Crippen LogP contribution in [-0.2, 0) is 11.3 Å². The number of pyridine rings is 2. The topological polar surface area (TPSA) is 46.1 Å². The van der Waals surface area contributed by atoms with Crippen LogP contribution < -0.4 is 0 Å². The second-order valence-corrected chi connectivity index (χ2v) is 6.55. The number of likely N-dealkylation sites (tertiary alicyclic amines) is 1. The van der Waals surface area contributed by atoms with Gasteiger partial charge in [0.2, 0.25) is 5.91 Å². The fourth-order valence-corrected chi connectivity index (χ4v) is 3.75. The molecule has 1 aliphatic rings. The third-order valence-electron chi connectivity index (χ3n) is 3.91. The molecule has 0 atom stereocenters. The van der Waals surface area contributed by atoms with Gasteiger partial charge in [-0.25, -0.2) is 0 Å². The average Bonchev–Trinajstić information content (AvgIpc) is 3.15. The molecule has 0 unspecified atom stereocenters. The van der Waals surface area contributed by atoms with E-state index in [1.165, 1.54) is 4.70 Å². The van der Waals surface area contributed by atoms with Crippen molar-refractivity contribution in [2.24, 2.45) is 0 Å². The first-order chi connectivity index (χ1) is 10.8. The molecule has 110 valence electrons. The molecule has 0 radical (unpaired) electrons. The molecule has 4 rings (SSSR count). The molecular weight excluding hydrogens is 294 g/mol. The Hall–Kier alpha value is -2.27. The molecule has 0 saturated carbocycles. The quantitative estimate of drug-likeness (QED) is 0.744. The number of amides is 1. The van der Waals surface area contributed by atoms with E-state index in [4.69, 9.17) is 0 Å². The van der Waals surface area contributed by atoms with Gasteiger partial charge in [-0.2, -0.15) is 0 Å². The van der Waals surface area contributed by atoms with E-state index >= 15 is 0 Å². The smallest absolute Gasteiger partial charge is 0.222 e. The maximum atomic E-state index is 11.7. The van der Waals surface area contributed by atoms with E-state index in [1.807, 2.05) is 29.4 Å². The van der Waals surface area contributed by atoms with Crippen molar-refractivity contribution in [3.63, 3.8) is 0 Å². The molecule has 5 heteroatoms. The summed E-state index contributed by atoms with van der Waals surface area (Å²) < 4.78 is 1.17. The third-order valence-corrected chi connectivity index (χ3v) is 5.02. The summed E-state index contributed by atoms with van der Waals surface area (Å²) in [6.07, 6.45) is 5.33. The van der Waals surface area contributed by atoms with Crippen molar-refractivity contribution in [3.8, 4) is 10.6 Å². The molecule has 0 bridgehead atoms. The van der Waals surface area contributed by atoms with Crippen molar-refractivity contribution in [2.45, 2.75) is 19.4 Å². The summed E-state index contributed by atoms with van der Waals surface area (Å²) in [6, 6.07) is 10.2. The normalized spacial score (nSPS) is 14.9. The van der Waals surface area contributed by atoms with Crippen molar-refractivity contribution in [3.05, 3.63) is 48.3 Å². The van der Waals surface area contributed by atoms with E-state index in [-0.39, 0.29) is 5.91 Å². The minimum atomic E-state index is 0.250. The summed E-state index contributed by atoms with van der Waals surface area (Å²) in [5.41, 5.74) is 3.05. The summed E-state index contributed by atoms with van der Waals surface area (Å²) in [5, 5.41) is 0. The highest BCUT2D eigenvalue weighted by Crippen LogP contribution is 2.31. The van der Waals surface area contributed by atoms with Crippen LogP contribution in [0.2, 0.25) is 0 Å². The Morgan fingerprint density at radius 3 is 2.91 bits per heavy atom. The predicted molar refractivity (Wildman–Crippen MR) is 87.5 cm³/mol. The van der Waals surface area contributed by atoms with Gasteiger partial charge < -0.3 is 4.90 Å². The fraction of sp³-hybridized carbons (Fsp3) is 0.235. The van der Waals surface area contributed by atoms with Gasteiger partial charge in [0, 0.05) is 31.9 Å². The lowest BCUT2D eigenvalue weighted by atomic mass is 10.2. The maximum absolute atomic E-state index is 11.7. The maximum Gasteiger partial charge on any atom is 0.222 e. The van der Waals surface area contributed by atoms with Gasteiger partial charge in [-0.3, -0.25) is 14.8 Å². The summed E-state index contributed by atoms with van der Waals surface area (Å²) in [4.78, 5) is 23.6. The number of aromatic nitrogens is 2. The number of fused-ring (bicyclic) bond motifs is 1. The first kappa shape index (κ1) is 13.4. The van der Waals surface area contributed by atoms with E-state index in [0.29, 0.717) is 13.0 Å². The van der Waals surface area contributed by atoms with E-state index in [9.17, 15) is 4.79 Å². The van der Waals surface area contributed by atoms with Crippen LogP contribution in [-0.4, -0.2) is 27.3 Å². The van der Waals surface area contributed by atoms with Crippen LogP contribution in [0.25, 0.3) is 20.8 Å². The highest BCUT2D eigenvalue weighted by molar-refractivity contribution is 7.22. The molecule has 22 heavy (non-hydrogen) atoms. The lowest BCUT2D eigenvalue weighted by molar-refractivity contribution is -0.128. The molecule has 1 saturated heterocycles. The standard InChI is InChI=1S/C17H15N3OS/c21-17-4-2-8-20(17)11-12-5-6-13(19-10-12)16-9-14-15(22-16)3-1-7-18-14/h1,3,5-7,9-10H,2,4,8,11H2. The molecule has 0 N–H and O–H groups in total. The van der Waals surface area contributed by atoms with Crippen LogP contribution in [0.3, 0.4) is 0 Å². The molecule has 1 aliphatic heterocycles. The monoisotopic (exact) mass is 309 g/mol. The molecule has 0 aromatic carbocycles. The number of thiophene rings is 1. The predicted octanol–water partition coefficient (Wildman–Crippen LogP) is 3.48. The first-order valence-corrected chi connectivity index (χ1v) is 8.19. The molecule has 1 fully saturated rings. The number of hydrogen-bond donors (Lipinski definition) is 0. The molecular formula is C17H15N3OS. The second-order valence-electron chi connectivity index (χ2n) is 5.47. The van der Waals surface area contributed by atoms with Crippen molar-refractivity contribution in [2.75, 3.05) is 6.54 Å². The minimum Gasteiger partial charge on any atom is -0.338 e. The van der Waals surface area contributed by atoms with Crippen molar-refractivity contribution in [1.29, 1.82) is 0 Å². The van der Waals surface area contributed by atoms with Crippen LogP contribution in [0.1, 0.15) is 18.4 Å². The Kier molecular flexibility index (Phi) is 3.35.